The van der Waals surface area contributed by atoms with Crippen LogP contribution in [0.5, 0.6) is 0 Å². The third kappa shape index (κ3) is 4.01. The van der Waals surface area contributed by atoms with E-state index in [1.165, 1.54) is 23.5 Å². The molecule has 0 radical (unpaired) electrons. The maximum absolute atomic E-state index is 9.75. The van der Waals surface area contributed by atoms with Crippen LogP contribution >= 0.6 is 23.5 Å². The first-order chi connectivity index (χ1) is 7.69. The first-order valence-corrected chi connectivity index (χ1v) is 7.48. The largest absolute Gasteiger partial charge is 0.378 e. The zero-order valence-electron chi connectivity index (χ0n) is 9.59. The van der Waals surface area contributed by atoms with Gasteiger partial charge in [0.25, 0.3) is 0 Å². The van der Waals surface area contributed by atoms with Crippen molar-refractivity contribution < 1.29 is 10.2 Å². The van der Waals surface area contributed by atoms with Gasteiger partial charge in [0.05, 0.1) is 0 Å². The normalized spacial score (nSPS) is 14.8. The molecule has 90 valence electrons. The lowest BCUT2D eigenvalue weighted by Crippen LogP contribution is -1.96. The fourth-order valence-electron chi connectivity index (χ4n) is 1.33. The van der Waals surface area contributed by atoms with Crippen LogP contribution in [0.15, 0.2) is 24.3 Å². The van der Waals surface area contributed by atoms with Crippen molar-refractivity contribution in [1.82, 2.24) is 0 Å². The summed E-state index contributed by atoms with van der Waals surface area (Å²) in [7, 11) is 0. The Labute approximate surface area is 105 Å². The molecule has 0 aromatic heterocycles. The van der Waals surface area contributed by atoms with Crippen LogP contribution in [-0.4, -0.2) is 21.7 Å². The van der Waals surface area contributed by atoms with Crippen LogP contribution in [0.2, 0.25) is 0 Å². The van der Waals surface area contributed by atoms with E-state index in [-0.39, 0.29) is 0 Å². The van der Waals surface area contributed by atoms with E-state index in [0.717, 1.165) is 22.6 Å². The highest BCUT2D eigenvalue weighted by Crippen LogP contribution is 2.29. The van der Waals surface area contributed by atoms with Gasteiger partial charge in [-0.3, -0.25) is 0 Å². The molecule has 0 amide bonds. The van der Waals surface area contributed by atoms with Gasteiger partial charge in [-0.2, -0.15) is 0 Å². The monoisotopic (exact) mass is 258 g/mol. The van der Waals surface area contributed by atoms with E-state index in [4.69, 9.17) is 0 Å². The summed E-state index contributed by atoms with van der Waals surface area (Å²) >= 11 is 2.99. The zero-order chi connectivity index (χ0) is 12.0. The molecule has 0 aliphatic carbocycles. The minimum atomic E-state index is -0.463. The predicted molar refractivity (Wildman–Crippen MR) is 72.6 cm³/mol. The van der Waals surface area contributed by atoms with Crippen LogP contribution in [0.3, 0.4) is 0 Å². The predicted octanol–water partition coefficient (Wildman–Crippen LogP) is 3.17. The van der Waals surface area contributed by atoms with Gasteiger partial charge in [-0.15, -0.1) is 23.5 Å². The van der Waals surface area contributed by atoms with Crippen molar-refractivity contribution in [3.8, 4) is 0 Å². The van der Waals surface area contributed by atoms with Gasteiger partial charge in [-0.1, -0.05) is 38.1 Å². The van der Waals surface area contributed by atoms with Gasteiger partial charge in [0.15, 0.2) is 0 Å². The summed E-state index contributed by atoms with van der Waals surface area (Å²) in [5.74, 6) is 1.77. The van der Waals surface area contributed by atoms with Crippen LogP contribution in [0.25, 0.3) is 0 Å². The van der Waals surface area contributed by atoms with Gasteiger partial charge in [0.1, 0.15) is 10.9 Å². The van der Waals surface area contributed by atoms with E-state index in [9.17, 15) is 10.2 Å². The Kier molecular flexibility index (Phi) is 6.28. The number of hydrogen-bond donors (Lipinski definition) is 2. The lowest BCUT2D eigenvalue weighted by atomic mass is 10.1. The van der Waals surface area contributed by atoms with Crippen LogP contribution in [-0.2, 0) is 0 Å². The standard InChI is InChI=1S/C12H18O2S2/c1-3-15-11(13)9-5-7-10(8-6-9)12(14)16-4-2/h5-8,11-14H,3-4H2,1-2H3. The molecule has 0 aliphatic rings. The number of benzene rings is 1. The average Bonchev–Trinajstić information content (AvgIpc) is 2.30. The Morgan fingerprint density at radius 1 is 0.875 bits per heavy atom. The highest BCUT2D eigenvalue weighted by Gasteiger charge is 2.09. The molecule has 0 heterocycles. The molecule has 2 nitrogen and oxygen atoms in total. The van der Waals surface area contributed by atoms with Crippen molar-refractivity contribution in [2.75, 3.05) is 11.5 Å². The molecule has 1 rings (SSSR count). The number of rotatable bonds is 6. The van der Waals surface area contributed by atoms with E-state index in [0.29, 0.717) is 0 Å². The van der Waals surface area contributed by atoms with E-state index >= 15 is 0 Å². The van der Waals surface area contributed by atoms with Crippen molar-refractivity contribution in [3.05, 3.63) is 35.4 Å². The Morgan fingerprint density at radius 3 is 1.44 bits per heavy atom. The van der Waals surface area contributed by atoms with Crippen LogP contribution < -0.4 is 0 Å². The van der Waals surface area contributed by atoms with E-state index in [1.54, 1.807) is 0 Å². The first-order valence-electron chi connectivity index (χ1n) is 5.38. The van der Waals surface area contributed by atoms with Crippen LogP contribution in [0.4, 0.5) is 0 Å². The highest BCUT2D eigenvalue weighted by molar-refractivity contribution is 7.99. The molecule has 0 fully saturated rings. The third-order valence-electron chi connectivity index (χ3n) is 2.16. The second kappa shape index (κ2) is 7.22. The Bertz CT molecular complexity index is 269. The summed E-state index contributed by atoms with van der Waals surface area (Å²) in [6.45, 7) is 4.04. The minimum Gasteiger partial charge on any atom is -0.378 e. The van der Waals surface area contributed by atoms with Gasteiger partial charge in [-0.05, 0) is 22.6 Å². The molecule has 4 heteroatoms. The lowest BCUT2D eigenvalue weighted by Gasteiger charge is -2.12. The molecular weight excluding hydrogens is 240 g/mol. The molecule has 0 saturated carbocycles. The smallest absolute Gasteiger partial charge is 0.125 e. The molecule has 1 aromatic rings. The van der Waals surface area contributed by atoms with Crippen molar-refractivity contribution in [2.24, 2.45) is 0 Å². The van der Waals surface area contributed by atoms with Gasteiger partial charge in [0, 0.05) is 0 Å². The van der Waals surface area contributed by atoms with E-state index < -0.39 is 10.9 Å². The SMILES string of the molecule is CCSC(O)c1ccc(C(O)SCC)cc1. The van der Waals surface area contributed by atoms with Crippen molar-refractivity contribution in [1.29, 1.82) is 0 Å². The summed E-state index contributed by atoms with van der Waals surface area (Å²) in [6.07, 6.45) is 0. The summed E-state index contributed by atoms with van der Waals surface area (Å²) < 4.78 is 0. The van der Waals surface area contributed by atoms with Crippen LogP contribution in [0.1, 0.15) is 35.8 Å². The molecule has 0 bridgehead atoms. The molecule has 0 saturated heterocycles. The molecular formula is C12H18O2S2. The lowest BCUT2D eigenvalue weighted by molar-refractivity contribution is 0.266. The van der Waals surface area contributed by atoms with Crippen molar-refractivity contribution >= 4 is 23.5 Å². The number of thioether (sulfide) groups is 2. The first kappa shape index (κ1) is 13.9. The molecule has 2 unspecified atom stereocenters. The fourth-order valence-corrected chi connectivity index (χ4v) is 2.66. The van der Waals surface area contributed by atoms with Gasteiger partial charge in [-0.25, -0.2) is 0 Å². The fraction of sp³-hybridized carbons (Fsp3) is 0.500. The van der Waals surface area contributed by atoms with Crippen molar-refractivity contribution in [3.63, 3.8) is 0 Å². The Hall–Kier alpha value is -0.160. The average molecular weight is 258 g/mol. The maximum Gasteiger partial charge on any atom is 0.125 e. The number of hydrogen-bond acceptors (Lipinski definition) is 4. The van der Waals surface area contributed by atoms with Crippen LogP contribution in [0, 0.1) is 0 Å². The van der Waals surface area contributed by atoms with Gasteiger partial charge < -0.3 is 10.2 Å². The third-order valence-corrected chi connectivity index (χ3v) is 4.00. The quantitative estimate of drug-likeness (QED) is 0.769. The highest BCUT2D eigenvalue weighted by atomic mass is 32.2. The molecule has 0 aliphatic heterocycles. The minimum absolute atomic E-state index is 0.463. The Balaban J connectivity index is 2.67. The topological polar surface area (TPSA) is 40.5 Å². The Morgan fingerprint density at radius 2 is 1.19 bits per heavy atom. The number of aliphatic hydroxyl groups is 2. The molecule has 0 spiro atoms. The molecule has 2 N–H and O–H groups in total. The van der Waals surface area contributed by atoms with E-state index in [2.05, 4.69) is 0 Å². The summed E-state index contributed by atoms with van der Waals surface area (Å²) in [6, 6.07) is 7.51. The molecule has 16 heavy (non-hydrogen) atoms. The summed E-state index contributed by atoms with van der Waals surface area (Å²) in [4.78, 5) is 0. The zero-order valence-corrected chi connectivity index (χ0v) is 11.2. The maximum atomic E-state index is 9.75. The number of aliphatic hydroxyl groups excluding tert-OH is 2. The van der Waals surface area contributed by atoms with Gasteiger partial charge >= 0.3 is 0 Å². The molecule has 1 aromatic carbocycles. The molecule has 2 atom stereocenters. The second-order valence-electron chi connectivity index (χ2n) is 3.28. The second-order valence-corrected chi connectivity index (χ2v) is 6.00. The van der Waals surface area contributed by atoms with E-state index in [1.807, 2.05) is 38.1 Å². The summed E-state index contributed by atoms with van der Waals surface area (Å²) in [5.41, 5.74) is 0.860. The van der Waals surface area contributed by atoms with Crippen molar-refractivity contribution in [2.45, 2.75) is 24.7 Å². The van der Waals surface area contributed by atoms with Gasteiger partial charge in [0.2, 0.25) is 0 Å². The summed E-state index contributed by atoms with van der Waals surface area (Å²) in [5, 5.41) is 19.5.